The number of alkyl halides is 3. The molecule has 0 atom stereocenters. The van der Waals surface area contributed by atoms with Crippen LogP contribution >= 0.6 is 0 Å². The second-order valence-electron chi connectivity index (χ2n) is 7.33. The Morgan fingerprint density at radius 1 is 1.06 bits per heavy atom. The maximum Gasteiger partial charge on any atom is 0.573 e. The average molecular weight is 488 g/mol. The molecule has 0 radical (unpaired) electrons. The van der Waals surface area contributed by atoms with Crippen molar-refractivity contribution in [1.29, 1.82) is 0 Å². The summed E-state index contributed by atoms with van der Waals surface area (Å²) in [5.74, 6) is -0.434. The molecule has 0 aromatic heterocycles. The highest BCUT2D eigenvalue weighted by Gasteiger charge is 2.31. The number of ether oxygens (including phenoxy) is 2. The van der Waals surface area contributed by atoms with Crippen molar-refractivity contribution in [3.05, 3.63) is 53.6 Å². The van der Waals surface area contributed by atoms with Crippen LogP contribution in [0, 0.1) is 0 Å². The summed E-state index contributed by atoms with van der Waals surface area (Å²) >= 11 is 0. The van der Waals surface area contributed by atoms with Crippen LogP contribution in [0.3, 0.4) is 0 Å². The number of rotatable bonds is 7. The summed E-state index contributed by atoms with van der Waals surface area (Å²) in [6.07, 6.45) is -4.73. The van der Waals surface area contributed by atoms with E-state index in [1.165, 1.54) is 44.5 Å². The summed E-state index contributed by atoms with van der Waals surface area (Å²) in [5, 5.41) is 0. The van der Waals surface area contributed by atoms with Gasteiger partial charge in [-0.3, -0.25) is 9.69 Å². The molecule has 0 saturated carbocycles. The van der Waals surface area contributed by atoms with E-state index in [0.717, 1.165) is 5.56 Å². The molecule has 0 unspecified atom stereocenters. The fourth-order valence-corrected chi connectivity index (χ4v) is 4.39. The molecular formula is C21H24F3N3O5S. The number of hydrogen-bond acceptors (Lipinski definition) is 6. The van der Waals surface area contributed by atoms with Crippen molar-refractivity contribution in [3.63, 3.8) is 0 Å². The van der Waals surface area contributed by atoms with Crippen LogP contribution in [0.5, 0.6) is 11.5 Å². The Labute approximate surface area is 189 Å². The summed E-state index contributed by atoms with van der Waals surface area (Å²) in [4.78, 5) is 16.5. The molecule has 180 valence electrons. The van der Waals surface area contributed by atoms with E-state index in [0.29, 0.717) is 32.7 Å². The van der Waals surface area contributed by atoms with Gasteiger partial charge in [-0.2, -0.15) is 0 Å². The van der Waals surface area contributed by atoms with Crippen LogP contribution in [0.1, 0.15) is 15.9 Å². The molecule has 1 aliphatic heterocycles. The van der Waals surface area contributed by atoms with E-state index in [1.807, 2.05) is 0 Å². The van der Waals surface area contributed by atoms with E-state index in [1.54, 1.807) is 17.0 Å². The molecule has 2 aromatic carbocycles. The minimum Gasteiger partial charge on any atom is -0.495 e. The predicted octanol–water partition coefficient (Wildman–Crippen LogP) is 2.46. The van der Waals surface area contributed by atoms with Crippen molar-refractivity contribution in [3.8, 4) is 11.5 Å². The van der Waals surface area contributed by atoms with Gasteiger partial charge < -0.3 is 14.4 Å². The third-order valence-corrected chi connectivity index (χ3v) is 6.63. The normalized spacial score (nSPS) is 15.4. The lowest BCUT2D eigenvalue weighted by atomic mass is 10.1. The lowest BCUT2D eigenvalue weighted by Gasteiger charge is -2.35. The quantitative estimate of drug-likeness (QED) is 0.646. The molecule has 8 nitrogen and oxygen atoms in total. The topological polar surface area (TPSA) is 88.2 Å². The van der Waals surface area contributed by atoms with Gasteiger partial charge in [0.15, 0.2) is 0 Å². The van der Waals surface area contributed by atoms with Gasteiger partial charge in [-0.25, -0.2) is 13.1 Å². The second-order valence-corrected chi connectivity index (χ2v) is 9.19. The van der Waals surface area contributed by atoms with Gasteiger partial charge in [-0.15, -0.1) is 13.2 Å². The number of nitrogens with zero attached hydrogens (tertiary/aromatic N) is 2. The SMILES string of the molecule is CNS(=O)(=O)c1cc(C(=O)N2CCN(Cc3ccc(OC(F)(F)F)cc3)CC2)ccc1OC. The van der Waals surface area contributed by atoms with Crippen molar-refractivity contribution in [1.82, 2.24) is 14.5 Å². The predicted molar refractivity (Wildman–Crippen MR) is 114 cm³/mol. The van der Waals surface area contributed by atoms with Gasteiger partial charge in [0.1, 0.15) is 16.4 Å². The first-order valence-corrected chi connectivity index (χ1v) is 11.5. The largest absolute Gasteiger partial charge is 0.573 e. The third-order valence-electron chi connectivity index (χ3n) is 5.19. The number of piperazine rings is 1. The van der Waals surface area contributed by atoms with Crippen LogP contribution in [0.15, 0.2) is 47.4 Å². The lowest BCUT2D eigenvalue weighted by molar-refractivity contribution is -0.274. The number of amides is 1. The van der Waals surface area contributed by atoms with Crippen molar-refractivity contribution >= 4 is 15.9 Å². The first-order chi connectivity index (χ1) is 15.5. The van der Waals surface area contributed by atoms with E-state index in [-0.39, 0.29) is 27.9 Å². The van der Waals surface area contributed by atoms with Gasteiger partial charge in [-0.05, 0) is 42.9 Å². The molecule has 1 fully saturated rings. The number of hydrogen-bond donors (Lipinski definition) is 1. The molecule has 1 N–H and O–H groups in total. The summed E-state index contributed by atoms with van der Waals surface area (Å²) in [6, 6.07) is 9.93. The highest BCUT2D eigenvalue weighted by Crippen LogP contribution is 2.26. The zero-order valence-electron chi connectivity index (χ0n) is 18.1. The molecule has 3 rings (SSSR count). The smallest absolute Gasteiger partial charge is 0.495 e. The van der Waals surface area contributed by atoms with E-state index in [2.05, 4.69) is 14.4 Å². The van der Waals surface area contributed by atoms with Crippen molar-refractivity contribution in [2.75, 3.05) is 40.3 Å². The van der Waals surface area contributed by atoms with Crippen molar-refractivity contribution in [2.24, 2.45) is 0 Å². The Morgan fingerprint density at radius 3 is 2.24 bits per heavy atom. The zero-order chi connectivity index (χ0) is 24.2. The molecular weight excluding hydrogens is 463 g/mol. The fourth-order valence-electron chi connectivity index (χ4n) is 3.48. The molecule has 12 heteroatoms. The first kappa shape index (κ1) is 24.8. The van der Waals surface area contributed by atoms with Crippen LogP contribution < -0.4 is 14.2 Å². The average Bonchev–Trinajstić information content (AvgIpc) is 2.79. The number of halogens is 3. The number of nitrogens with one attached hydrogen (secondary N) is 1. The first-order valence-electron chi connectivity index (χ1n) is 10.0. The molecule has 0 spiro atoms. The number of carbonyl (C=O) groups excluding carboxylic acids is 1. The Balaban J connectivity index is 1.61. The maximum atomic E-state index is 12.9. The molecule has 1 heterocycles. The lowest BCUT2D eigenvalue weighted by Crippen LogP contribution is -2.48. The molecule has 0 bridgehead atoms. The Hall–Kier alpha value is -2.83. The van der Waals surface area contributed by atoms with Crippen molar-refractivity contribution in [2.45, 2.75) is 17.8 Å². The Kier molecular flexibility index (Phi) is 7.50. The molecule has 33 heavy (non-hydrogen) atoms. The van der Waals surface area contributed by atoms with Crippen LogP contribution in [0.25, 0.3) is 0 Å². The highest BCUT2D eigenvalue weighted by atomic mass is 32.2. The summed E-state index contributed by atoms with van der Waals surface area (Å²) in [5.41, 5.74) is 1.06. The summed E-state index contributed by atoms with van der Waals surface area (Å²) < 4.78 is 72.5. The van der Waals surface area contributed by atoms with Crippen LogP contribution in [-0.2, 0) is 16.6 Å². The third kappa shape index (κ3) is 6.36. The van der Waals surface area contributed by atoms with E-state index in [4.69, 9.17) is 4.74 Å². The minimum atomic E-state index is -4.73. The van der Waals surface area contributed by atoms with E-state index >= 15 is 0 Å². The Bertz CT molecular complexity index is 1080. The second kappa shape index (κ2) is 9.98. The van der Waals surface area contributed by atoms with Gasteiger partial charge in [0.2, 0.25) is 10.0 Å². The summed E-state index contributed by atoms with van der Waals surface area (Å²) in [7, 11) is -1.18. The van der Waals surface area contributed by atoms with Crippen LogP contribution in [-0.4, -0.2) is 70.8 Å². The maximum absolute atomic E-state index is 12.9. The minimum absolute atomic E-state index is 0.116. The van der Waals surface area contributed by atoms with Gasteiger partial charge in [0.05, 0.1) is 7.11 Å². The number of benzene rings is 2. The van der Waals surface area contributed by atoms with Crippen LogP contribution in [0.4, 0.5) is 13.2 Å². The van der Waals surface area contributed by atoms with E-state index in [9.17, 15) is 26.4 Å². The summed E-state index contributed by atoms with van der Waals surface area (Å²) in [6.45, 7) is 2.48. The van der Waals surface area contributed by atoms with Crippen LogP contribution in [0.2, 0.25) is 0 Å². The number of carbonyl (C=O) groups is 1. The molecule has 0 aliphatic carbocycles. The zero-order valence-corrected chi connectivity index (χ0v) is 18.9. The molecule has 1 saturated heterocycles. The standard InChI is InChI=1S/C21H24F3N3O5S/c1-25-33(29,30)19-13-16(5-8-18(19)31-2)20(28)27-11-9-26(10-12-27)14-15-3-6-17(7-4-15)32-21(22,23)24/h3-8,13,25H,9-12,14H2,1-2H3. The van der Waals surface area contributed by atoms with Crippen molar-refractivity contribution < 1.29 is 35.9 Å². The monoisotopic (exact) mass is 487 g/mol. The van der Waals surface area contributed by atoms with Gasteiger partial charge in [-0.1, -0.05) is 12.1 Å². The number of sulfonamides is 1. The van der Waals surface area contributed by atoms with Gasteiger partial charge >= 0.3 is 6.36 Å². The van der Waals surface area contributed by atoms with Gasteiger partial charge in [0, 0.05) is 38.3 Å². The highest BCUT2D eigenvalue weighted by molar-refractivity contribution is 7.89. The Morgan fingerprint density at radius 2 is 1.70 bits per heavy atom. The van der Waals surface area contributed by atoms with Gasteiger partial charge in [0.25, 0.3) is 5.91 Å². The van der Waals surface area contributed by atoms with E-state index < -0.39 is 16.4 Å². The molecule has 2 aromatic rings. The number of methoxy groups -OCH3 is 1. The molecule has 1 amide bonds. The fraction of sp³-hybridized carbons (Fsp3) is 0.381. The molecule has 1 aliphatic rings.